The molecule has 0 unspecified atom stereocenters. The first-order valence-corrected chi connectivity index (χ1v) is 10.7. The van der Waals surface area contributed by atoms with E-state index in [9.17, 15) is 4.79 Å². The Morgan fingerprint density at radius 2 is 1.12 bits per heavy atom. The van der Waals surface area contributed by atoms with E-state index < -0.39 is 0 Å². The minimum atomic E-state index is -0.0361. The molecule has 0 saturated heterocycles. The molecule has 0 aromatic heterocycles. The maximum absolute atomic E-state index is 11.2. The van der Waals surface area contributed by atoms with E-state index in [1.807, 2.05) is 6.92 Å². The van der Waals surface area contributed by atoms with Crippen LogP contribution in [-0.2, 0) is 9.53 Å². The SMILES string of the molecule is CCCCCCCCNCCCCCCCCCCC(=O)OCC. The van der Waals surface area contributed by atoms with E-state index in [-0.39, 0.29) is 5.97 Å². The van der Waals surface area contributed by atoms with Gasteiger partial charge in [-0.3, -0.25) is 4.79 Å². The van der Waals surface area contributed by atoms with Crippen molar-refractivity contribution in [1.29, 1.82) is 0 Å². The zero-order valence-electron chi connectivity index (χ0n) is 16.5. The molecule has 0 atom stereocenters. The van der Waals surface area contributed by atoms with Crippen molar-refractivity contribution in [3.05, 3.63) is 0 Å². The van der Waals surface area contributed by atoms with Crippen molar-refractivity contribution in [1.82, 2.24) is 5.32 Å². The second-order valence-corrected chi connectivity index (χ2v) is 6.90. The number of ether oxygens (including phenoxy) is 1. The van der Waals surface area contributed by atoms with Gasteiger partial charge in [0.05, 0.1) is 6.61 Å². The van der Waals surface area contributed by atoms with Gasteiger partial charge in [0, 0.05) is 6.42 Å². The van der Waals surface area contributed by atoms with Crippen LogP contribution in [0.2, 0.25) is 0 Å². The molecule has 0 aliphatic carbocycles. The minimum absolute atomic E-state index is 0.0361. The van der Waals surface area contributed by atoms with Crippen molar-refractivity contribution in [2.45, 2.75) is 110 Å². The quantitative estimate of drug-likeness (QED) is 0.231. The van der Waals surface area contributed by atoms with Crippen LogP contribution < -0.4 is 5.32 Å². The largest absolute Gasteiger partial charge is 0.466 e. The molecule has 0 aliphatic rings. The van der Waals surface area contributed by atoms with Gasteiger partial charge in [0.15, 0.2) is 0 Å². The molecule has 3 heteroatoms. The van der Waals surface area contributed by atoms with Crippen LogP contribution in [0.15, 0.2) is 0 Å². The fourth-order valence-electron chi connectivity index (χ4n) is 2.97. The van der Waals surface area contributed by atoms with Gasteiger partial charge in [0.25, 0.3) is 0 Å². The van der Waals surface area contributed by atoms with E-state index in [1.165, 1.54) is 96.6 Å². The van der Waals surface area contributed by atoms with Gasteiger partial charge in [-0.2, -0.15) is 0 Å². The number of carbonyl (C=O) groups is 1. The van der Waals surface area contributed by atoms with Gasteiger partial charge >= 0.3 is 5.97 Å². The van der Waals surface area contributed by atoms with Crippen LogP contribution in [0.5, 0.6) is 0 Å². The topological polar surface area (TPSA) is 38.3 Å². The summed E-state index contributed by atoms with van der Waals surface area (Å²) in [5.41, 5.74) is 0. The van der Waals surface area contributed by atoms with Gasteiger partial charge in [-0.25, -0.2) is 0 Å². The molecule has 144 valence electrons. The van der Waals surface area contributed by atoms with Crippen molar-refractivity contribution < 1.29 is 9.53 Å². The number of hydrogen-bond acceptors (Lipinski definition) is 3. The van der Waals surface area contributed by atoms with E-state index >= 15 is 0 Å². The first-order valence-electron chi connectivity index (χ1n) is 10.7. The fraction of sp³-hybridized carbons (Fsp3) is 0.952. The molecular weight excluding hydrogens is 298 g/mol. The Balaban J connectivity index is 3.01. The predicted molar refractivity (Wildman–Crippen MR) is 104 cm³/mol. The zero-order valence-corrected chi connectivity index (χ0v) is 16.5. The van der Waals surface area contributed by atoms with Gasteiger partial charge < -0.3 is 10.1 Å². The first-order chi connectivity index (χ1) is 11.8. The average molecular weight is 342 g/mol. The van der Waals surface area contributed by atoms with Crippen LogP contribution in [0.1, 0.15) is 110 Å². The monoisotopic (exact) mass is 341 g/mol. The van der Waals surface area contributed by atoms with Crippen molar-refractivity contribution in [2.24, 2.45) is 0 Å². The Labute approximate surface area is 151 Å². The highest BCUT2D eigenvalue weighted by atomic mass is 16.5. The predicted octanol–water partition coefficient (Wildman–Crippen LogP) is 6.01. The summed E-state index contributed by atoms with van der Waals surface area (Å²) in [5, 5.41) is 3.57. The summed E-state index contributed by atoms with van der Waals surface area (Å²) in [4.78, 5) is 11.2. The lowest BCUT2D eigenvalue weighted by molar-refractivity contribution is -0.143. The molecule has 0 aromatic rings. The second kappa shape index (κ2) is 20.5. The highest BCUT2D eigenvalue weighted by Crippen LogP contribution is 2.10. The normalized spacial score (nSPS) is 10.9. The molecule has 0 saturated carbocycles. The van der Waals surface area contributed by atoms with Crippen molar-refractivity contribution in [3.63, 3.8) is 0 Å². The first kappa shape index (κ1) is 23.4. The molecule has 0 spiro atoms. The summed E-state index contributed by atoms with van der Waals surface area (Å²) in [6.45, 7) is 7.03. The zero-order chi connectivity index (χ0) is 17.7. The van der Waals surface area contributed by atoms with E-state index in [2.05, 4.69) is 12.2 Å². The van der Waals surface area contributed by atoms with E-state index in [0.29, 0.717) is 13.0 Å². The van der Waals surface area contributed by atoms with Gasteiger partial charge in [0.1, 0.15) is 0 Å². The van der Waals surface area contributed by atoms with Crippen LogP contribution in [0.4, 0.5) is 0 Å². The molecule has 0 rings (SSSR count). The Bertz CT molecular complexity index is 256. The molecule has 0 aromatic carbocycles. The summed E-state index contributed by atoms with van der Waals surface area (Å²) < 4.78 is 4.93. The molecular formula is C21H43NO2. The van der Waals surface area contributed by atoms with Crippen LogP contribution in [0.3, 0.4) is 0 Å². The Morgan fingerprint density at radius 3 is 1.62 bits per heavy atom. The summed E-state index contributed by atoms with van der Waals surface area (Å²) in [6, 6.07) is 0. The molecule has 0 bridgehead atoms. The number of rotatable bonds is 19. The van der Waals surface area contributed by atoms with E-state index in [4.69, 9.17) is 4.74 Å². The third-order valence-electron chi connectivity index (χ3n) is 4.50. The summed E-state index contributed by atoms with van der Waals surface area (Å²) in [7, 11) is 0. The standard InChI is InChI=1S/C21H43NO2/c1-3-5-6-7-13-16-19-22-20-17-14-11-9-8-10-12-15-18-21(23)24-4-2/h22H,3-20H2,1-2H3. The van der Waals surface area contributed by atoms with Gasteiger partial charge in [-0.1, -0.05) is 77.6 Å². The van der Waals surface area contributed by atoms with Gasteiger partial charge in [-0.15, -0.1) is 0 Å². The third-order valence-corrected chi connectivity index (χ3v) is 4.50. The van der Waals surface area contributed by atoms with E-state index in [1.54, 1.807) is 0 Å². The van der Waals surface area contributed by atoms with Crippen molar-refractivity contribution >= 4 is 5.97 Å². The van der Waals surface area contributed by atoms with Gasteiger partial charge in [0.2, 0.25) is 0 Å². The molecule has 0 amide bonds. The smallest absolute Gasteiger partial charge is 0.305 e. The average Bonchev–Trinajstić information content (AvgIpc) is 2.58. The number of esters is 1. The molecule has 1 N–H and O–H groups in total. The lowest BCUT2D eigenvalue weighted by atomic mass is 10.1. The second-order valence-electron chi connectivity index (χ2n) is 6.90. The molecule has 3 nitrogen and oxygen atoms in total. The number of hydrogen-bond donors (Lipinski definition) is 1. The molecule has 0 radical (unpaired) electrons. The fourth-order valence-corrected chi connectivity index (χ4v) is 2.97. The highest BCUT2D eigenvalue weighted by molar-refractivity contribution is 5.69. The van der Waals surface area contributed by atoms with Crippen LogP contribution in [0, 0.1) is 0 Å². The lowest BCUT2D eigenvalue weighted by Gasteiger charge is -2.05. The third kappa shape index (κ3) is 19.5. The maximum Gasteiger partial charge on any atom is 0.305 e. The number of nitrogens with one attached hydrogen (secondary N) is 1. The molecule has 24 heavy (non-hydrogen) atoms. The lowest BCUT2D eigenvalue weighted by Crippen LogP contribution is -2.16. The summed E-state index contributed by atoms with van der Waals surface area (Å²) in [5.74, 6) is -0.0361. The summed E-state index contributed by atoms with van der Waals surface area (Å²) >= 11 is 0. The van der Waals surface area contributed by atoms with Crippen LogP contribution >= 0.6 is 0 Å². The minimum Gasteiger partial charge on any atom is -0.466 e. The Kier molecular flexibility index (Phi) is 20.0. The Hall–Kier alpha value is -0.570. The number of carbonyl (C=O) groups excluding carboxylic acids is 1. The highest BCUT2D eigenvalue weighted by Gasteiger charge is 2.00. The molecule has 0 aliphatic heterocycles. The maximum atomic E-state index is 11.2. The van der Waals surface area contributed by atoms with Crippen molar-refractivity contribution in [3.8, 4) is 0 Å². The van der Waals surface area contributed by atoms with Crippen LogP contribution in [0.25, 0.3) is 0 Å². The van der Waals surface area contributed by atoms with Gasteiger partial charge in [-0.05, 0) is 39.3 Å². The molecule has 0 heterocycles. The van der Waals surface area contributed by atoms with E-state index in [0.717, 1.165) is 6.42 Å². The number of unbranched alkanes of at least 4 members (excludes halogenated alkanes) is 12. The Morgan fingerprint density at radius 1 is 0.667 bits per heavy atom. The molecule has 0 fully saturated rings. The van der Waals surface area contributed by atoms with Crippen molar-refractivity contribution in [2.75, 3.05) is 19.7 Å². The van der Waals surface area contributed by atoms with Crippen LogP contribution in [-0.4, -0.2) is 25.7 Å². The summed E-state index contributed by atoms with van der Waals surface area (Å²) in [6.07, 6.45) is 19.0.